The fourth-order valence-electron chi connectivity index (χ4n) is 3.15. The maximum absolute atomic E-state index is 12.3. The van der Waals surface area contributed by atoms with E-state index in [1.165, 1.54) is 0 Å². The second-order valence-electron chi connectivity index (χ2n) is 5.88. The Balaban J connectivity index is 2.13. The summed E-state index contributed by atoms with van der Waals surface area (Å²) in [5.41, 5.74) is 6.89. The van der Waals surface area contributed by atoms with Crippen molar-refractivity contribution in [1.82, 2.24) is 4.90 Å². The number of halogens is 2. The van der Waals surface area contributed by atoms with Gasteiger partial charge in [0.1, 0.15) is 5.75 Å². The van der Waals surface area contributed by atoms with Gasteiger partial charge in [-0.25, -0.2) is 0 Å². The lowest BCUT2D eigenvalue weighted by Crippen LogP contribution is -2.47. The van der Waals surface area contributed by atoms with Crippen molar-refractivity contribution in [2.24, 2.45) is 11.7 Å². The van der Waals surface area contributed by atoms with Crippen molar-refractivity contribution in [2.75, 3.05) is 13.1 Å². The van der Waals surface area contributed by atoms with Crippen molar-refractivity contribution in [3.8, 4) is 5.75 Å². The first-order valence-electron chi connectivity index (χ1n) is 7.51. The molecule has 0 radical (unpaired) electrons. The minimum atomic E-state index is -2.79. The molecule has 3 nitrogen and oxygen atoms in total. The maximum atomic E-state index is 12.3. The van der Waals surface area contributed by atoms with Gasteiger partial charge in [-0.3, -0.25) is 4.90 Å². The number of rotatable bonds is 5. The molecule has 118 valence electrons. The molecule has 1 aromatic carbocycles. The Hall–Kier alpha value is -1.20. The van der Waals surface area contributed by atoms with E-state index in [1.54, 1.807) is 18.2 Å². The lowest BCUT2D eigenvalue weighted by molar-refractivity contribution is -0.0499. The zero-order chi connectivity index (χ0) is 15.4. The van der Waals surface area contributed by atoms with Gasteiger partial charge >= 0.3 is 6.61 Å². The molecule has 0 aliphatic carbocycles. The predicted octanol–water partition coefficient (Wildman–Crippen LogP) is 3.41. The molecule has 1 fully saturated rings. The van der Waals surface area contributed by atoms with Gasteiger partial charge in [-0.05, 0) is 49.9 Å². The molecule has 0 spiro atoms. The van der Waals surface area contributed by atoms with Crippen LogP contribution in [0.5, 0.6) is 5.75 Å². The van der Waals surface area contributed by atoms with E-state index < -0.39 is 6.61 Å². The predicted molar refractivity (Wildman–Crippen MR) is 79.4 cm³/mol. The molecule has 0 aromatic heterocycles. The number of hydrogen-bond acceptors (Lipinski definition) is 3. The molecule has 21 heavy (non-hydrogen) atoms. The summed E-state index contributed by atoms with van der Waals surface area (Å²) in [7, 11) is 0. The van der Waals surface area contributed by atoms with Gasteiger partial charge in [0.2, 0.25) is 0 Å². The molecular formula is C16H24F2N2O. The highest BCUT2D eigenvalue weighted by Crippen LogP contribution is 2.31. The van der Waals surface area contributed by atoms with Gasteiger partial charge in [0, 0.05) is 18.6 Å². The number of hydrogen-bond donors (Lipinski definition) is 1. The molecule has 0 saturated carbocycles. The SMILES string of the molecule is CC1CCN(C(C)c2cccc(OC(F)F)c2)C(CN)C1. The number of ether oxygens (including phenoxy) is 1. The van der Waals surface area contributed by atoms with Crippen molar-refractivity contribution < 1.29 is 13.5 Å². The largest absolute Gasteiger partial charge is 0.435 e. The van der Waals surface area contributed by atoms with E-state index >= 15 is 0 Å². The fourth-order valence-corrected chi connectivity index (χ4v) is 3.15. The van der Waals surface area contributed by atoms with E-state index in [4.69, 9.17) is 5.73 Å². The van der Waals surface area contributed by atoms with Crippen molar-refractivity contribution >= 4 is 0 Å². The van der Waals surface area contributed by atoms with Crippen molar-refractivity contribution in [2.45, 2.75) is 45.4 Å². The zero-order valence-corrected chi connectivity index (χ0v) is 12.6. The summed E-state index contributed by atoms with van der Waals surface area (Å²) in [5.74, 6) is 0.902. The molecule has 2 rings (SSSR count). The second-order valence-corrected chi connectivity index (χ2v) is 5.88. The van der Waals surface area contributed by atoms with Gasteiger partial charge in [-0.1, -0.05) is 19.1 Å². The Bertz CT molecular complexity index is 456. The number of alkyl halides is 2. The molecule has 1 heterocycles. The third kappa shape index (κ3) is 4.14. The van der Waals surface area contributed by atoms with Crippen LogP contribution in [0.3, 0.4) is 0 Å². The monoisotopic (exact) mass is 298 g/mol. The second kappa shape index (κ2) is 7.18. The summed E-state index contributed by atoms with van der Waals surface area (Å²) < 4.78 is 29.1. The van der Waals surface area contributed by atoms with Crippen LogP contribution in [0.4, 0.5) is 8.78 Å². The van der Waals surface area contributed by atoms with E-state index in [-0.39, 0.29) is 11.8 Å². The number of benzene rings is 1. The minimum absolute atomic E-state index is 0.146. The summed E-state index contributed by atoms with van der Waals surface area (Å²) in [6.45, 7) is 3.18. The molecule has 1 saturated heterocycles. The Morgan fingerprint density at radius 1 is 1.43 bits per heavy atom. The quantitative estimate of drug-likeness (QED) is 0.905. The van der Waals surface area contributed by atoms with Crippen molar-refractivity contribution in [3.63, 3.8) is 0 Å². The van der Waals surface area contributed by atoms with Crippen LogP contribution in [-0.4, -0.2) is 30.6 Å². The molecule has 0 bridgehead atoms. The van der Waals surface area contributed by atoms with Gasteiger partial charge < -0.3 is 10.5 Å². The Labute approximate surface area is 125 Å². The van der Waals surface area contributed by atoms with Crippen LogP contribution in [0, 0.1) is 5.92 Å². The van der Waals surface area contributed by atoms with Crippen LogP contribution in [-0.2, 0) is 0 Å². The van der Waals surface area contributed by atoms with Crippen LogP contribution in [0.1, 0.15) is 38.3 Å². The average molecular weight is 298 g/mol. The van der Waals surface area contributed by atoms with Gasteiger partial charge in [0.25, 0.3) is 0 Å². The molecule has 2 N–H and O–H groups in total. The summed E-state index contributed by atoms with van der Waals surface area (Å²) in [5, 5.41) is 0. The van der Waals surface area contributed by atoms with Crippen molar-refractivity contribution in [1.29, 1.82) is 0 Å². The number of likely N-dealkylation sites (tertiary alicyclic amines) is 1. The first-order chi connectivity index (χ1) is 10.0. The zero-order valence-electron chi connectivity index (χ0n) is 12.6. The summed E-state index contributed by atoms with van der Waals surface area (Å²) in [4.78, 5) is 2.38. The number of piperidine rings is 1. The van der Waals surface area contributed by atoms with E-state index in [0.29, 0.717) is 18.5 Å². The molecule has 5 heteroatoms. The van der Waals surface area contributed by atoms with Gasteiger partial charge in [0.05, 0.1) is 0 Å². The van der Waals surface area contributed by atoms with Crippen LogP contribution >= 0.6 is 0 Å². The number of nitrogens with zero attached hydrogens (tertiary/aromatic N) is 1. The topological polar surface area (TPSA) is 38.5 Å². The molecule has 1 aromatic rings. The Kier molecular flexibility index (Phi) is 5.53. The number of nitrogens with two attached hydrogens (primary N) is 1. The highest BCUT2D eigenvalue weighted by molar-refractivity contribution is 5.30. The van der Waals surface area contributed by atoms with Gasteiger partial charge in [-0.2, -0.15) is 8.78 Å². The van der Waals surface area contributed by atoms with Gasteiger partial charge in [-0.15, -0.1) is 0 Å². The lowest BCUT2D eigenvalue weighted by Gasteiger charge is -2.42. The summed E-state index contributed by atoms with van der Waals surface area (Å²) in [6, 6.07) is 7.46. The maximum Gasteiger partial charge on any atom is 0.387 e. The van der Waals surface area contributed by atoms with Crippen LogP contribution in [0.25, 0.3) is 0 Å². The average Bonchev–Trinajstić information content (AvgIpc) is 2.46. The first kappa shape index (κ1) is 16.2. The normalized spacial score (nSPS) is 25.0. The van der Waals surface area contributed by atoms with Crippen LogP contribution < -0.4 is 10.5 Å². The van der Waals surface area contributed by atoms with Crippen LogP contribution in [0.2, 0.25) is 0 Å². The third-order valence-corrected chi connectivity index (χ3v) is 4.36. The molecule has 1 aliphatic rings. The van der Waals surface area contributed by atoms with E-state index in [1.807, 2.05) is 6.07 Å². The van der Waals surface area contributed by atoms with E-state index in [0.717, 1.165) is 24.9 Å². The highest BCUT2D eigenvalue weighted by atomic mass is 19.3. The molecular weight excluding hydrogens is 274 g/mol. The summed E-state index contributed by atoms with van der Waals surface area (Å²) in [6.07, 6.45) is 2.24. The molecule has 1 aliphatic heterocycles. The first-order valence-corrected chi connectivity index (χ1v) is 7.51. The van der Waals surface area contributed by atoms with Crippen LogP contribution in [0.15, 0.2) is 24.3 Å². The standard InChI is InChI=1S/C16H24F2N2O/c1-11-6-7-20(14(8-11)10-19)12(2)13-4-3-5-15(9-13)21-16(17)18/h3-5,9,11-12,14,16H,6-8,10,19H2,1-2H3. The van der Waals surface area contributed by atoms with Gasteiger partial charge in [0.15, 0.2) is 0 Å². The van der Waals surface area contributed by atoms with Crippen molar-refractivity contribution in [3.05, 3.63) is 29.8 Å². The summed E-state index contributed by atoms with van der Waals surface area (Å²) >= 11 is 0. The molecule has 3 unspecified atom stereocenters. The van der Waals surface area contributed by atoms with E-state index in [9.17, 15) is 8.78 Å². The molecule has 3 atom stereocenters. The molecule has 0 amide bonds. The highest BCUT2D eigenvalue weighted by Gasteiger charge is 2.29. The minimum Gasteiger partial charge on any atom is -0.435 e. The lowest BCUT2D eigenvalue weighted by atomic mass is 9.90. The fraction of sp³-hybridized carbons (Fsp3) is 0.625. The Morgan fingerprint density at radius 3 is 2.86 bits per heavy atom. The van der Waals surface area contributed by atoms with E-state index in [2.05, 4.69) is 23.5 Å². The smallest absolute Gasteiger partial charge is 0.387 e. The Morgan fingerprint density at radius 2 is 2.19 bits per heavy atom. The third-order valence-electron chi connectivity index (χ3n) is 4.36.